The Labute approximate surface area is 238 Å². The highest BCUT2D eigenvalue weighted by Crippen LogP contribution is 2.39. The highest BCUT2D eigenvalue weighted by molar-refractivity contribution is 14.1. The monoisotopic (exact) mass is 617 g/mol. The van der Waals surface area contributed by atoms with Gasteiger partial charge < -0.3 is 0 Å². The lowest BCUT2D eigenvalue weighted by Gasteiger charge is -2.11. The molecule has 0 atom stereocenters. The lowest BCUT2D eigenvalue weighted by molar-refractivity contribution is 1.03. The molecule has 7 rings (SSSR count). The molecule has 5 heteroatoms. The van der Waals surface area contributed by atoms with Gasteiger partial charge in [-0.15, -0.1) is 11.3 Å². The van der Waals surface area contributed by atoms with Gasteiger partial charge in [-0.25, -0.2) is 15.0 Å². The van der Waals surface area contributed by atoms with Gasteiger partial charge in [0.2, 0.25) is 0 Å². The van der Waals surface area contributed by atoms with Crippen LogP contribution in [0.2, 0.25) is 0 Å². The summed E-state index contributed by atoms with van der Waals surface area (Å²) in [6.45, 7) is 0. The zero-order chi connectivity index (χ0) is 25.5. The van der Waals surface area contributed by atoms with E-state index in [1.165, 1.54) is 20.2 Å². The first kappa shape index (κ1) is 23.2. The van der Waals surface area contributed by atoms with Crippen molar-refractivity contribution in [2.45, 2.75) is 0 Å². The third kappa shape index (κ3) is 4.27. The number of aromatic nitrogens is 3. The number of benzene rings is 5. The molecule has 0 N–H and O–H groups in total. The van der Waals surface area contributed by atoms with Crippen LogP contribution < -0.4 is 0 Å². The molecule has 2 heterocycles. The number of fused-ring (bicyclic) bond motifs is 3. The molecule has 0 spiro atoms. The van der Waals surface area contributed by atoms with Gasteiger partial charge in [-0.1, -0.05) is 91.0 Å². The first-order valence-electron chi connectivity index (χ1n) is 12.3. The quantitative estimate of drug-likeness (QED) is 0.185. The van der Waals surface area contributed by atoms with Crippen LogP contribution in [-0.2, 0) is 0 Å². The van der Waals surface area contributed by atoms with Crippen LogP contribution in [0, 0.1) is 3.83 Å². The fourth-order valence-corrected chi connectivity index (χ4v) is 6.50. The molecular formula is C33H20IN3S. The molecule has 38 heavy (non-hydrogen) atoms. The normalized spacial score (nSPS) is 11.3. The van der Waals surface area contributed by atoms with Crippen molar-refractivity contribution in [2.75, 3.05) is 0 Å². The third-order valence-corrected chi connectivity index (χ3v) is 8.28. The van der Waals surface area contributed by atoms with E-state index in [-0.39, 0.29) is 0 Å². The van der Waals surface area contributed by atoms with Crippen molar-refractivity contribution in [1.82, 2.24) is 15.0 Å². The maximum Gasteiger partial charge on any atom is 0.194 e. The number of thiophene rings is 1. The largest absolute Gasteiger partial charge is 0.208 e. The fraction of sp³-hybridized carbons (Fsp3) is 0. The van der Waals surface area contributed by atoms with Crippen molar-refractivity contribution in [3.05, 3.63) is 125 Å². The van der Waals surface area contributed by atoms with Crippen molar-refractivity contribution in [1.29, 1.82) is 0 Å². The minimum atomic E-state index is 0.672. The van der Waals surface area contributed by atoms with Crippen LogP contribution in [0.25, 0.3) is 65.2 Å². The fourth-order valence-electron chi connectivity index (χ4n) is 4.91. The second-order valence-corrected chi connectivity index (χ2v) is 11.1. The topological polar surface area (TPSA) is 38.7 Å². The predicted octanol–water partition coefficient (Wildman–Crippen LogP) is 9.51. The summed E-state index contributed by atoms with van der Waals surface area (Å²) in [6, 6.07) is 42.4. The number of halogens is 1. The predicted molar refractivity (Wildman–Crippen MR) is 167 cm³/mol. The van der Waals surface area contributed by atoms with E-state index in [1.54, 1.807) is 11.3 Å². The minimum Gasteiger partial charge on any atom is -0.208 e. The lowest BCUT2D eigenvalue weighted by atomic mass is 9.96. The van der Waals surface area contributed by atoms with Crippen molar-refractivity contribution in [3.63, 3.8) is 0 Å². The summed E-state index contributed by atoms with van der Waals surface area (Å²) in [5, 5.41) is 2.43. The van der Waals surface area contributed by atoms with Gasteiger partial charge in [-0.05, 0) is 52.6 Å². The van der Waals surface area contributed by atoms with E-state index in [0.717, 1.165) is 33.4 Å². The molecule has 7 aromatic rings. The summed E-state index contributed by atoms with van der Waals surface area (Å²) in [5.41, 5.74) is 6.57. The van der Waals surface area contributed by atoms with Crippen LogP contribution >= 0.6 is 33.9 Å². The summed E-state index contributed by atoms with van der Waals surface area (Å²) >= 11 is 4.01. The summed E-state index contributed by atoms with van der Waals surface area (Å²) in [7, 11) is 0. The highest BCUT2D eigenvalue weighted by atomic mass is 127. The second kappa shape index (κ2) is 9.74. The molecule has 180 valence electrons. The van der Waals surface area contributed by atoms with E-state index in [2.05, 4.69) is 132 Å². The molecule has 0 aliphatic rings. The SMILES string of the molecule is Ic1nc(-c2cc(-c3ccccc3)cc(-c3ccccc3)c2)nc(-c2cccc3sc4ccccc4c23)n1. The van der Waals surface area contributed by atoms with Crippen molar-refractivity contribution in [3.8, 4) is 45.0 Å². The minimum absolute atomic E-state index is 0.672. The number of nitrogens with zero attached hydrogens (tertiary/aromatic N) is 3. The summed E-state index contributed by atoms with van der Waals surface area (Å²) in [5.74, 6) is 1.37. The molecule has 0 radical (unpaired) electrons. The van der Waals surface area contributed by atoms with Crippen LogP contribution in [-0.4, -0.2) is 15.0 Å². The van der Waals surface area contributed by atoms with Gasteiger partial charge in [0.15, 0.2) is 15.5 Å². The number of hydrogen-bond donors (Lipinski definition) is 0. The van der Waals surface area contributed by atoms with E-state index in [0.29, 0.717) is 15.5 Å². The molecule has 0 aliphatic heterocycles. The third-order valence-electron chi connectivity index (χ3n) is 6.66. The molecular weight excluding hydrogens is 597 g/mol. The van der Waals surface area contributed by atoms with E-state index < -0.39 is 0 Å². The molecule has 0 unspecified atom stereocenters. The Morgan fingerprint density at radius 2 is 1.05 bits per heavy atom. The van der Waals surface area contributed by atoms with Crippen molar-refractivity contribution >= 4 is 54.1 Å². The Morgan fingerprint density at radius 1 is 0.474 bits per heavy atom. The van der Waals surface area contributed by atoms with Crippen LogP contribution in [0.15, 0.2) is 121 Å². The van der Waals surface area contributed by atoms with Crippen molar-refractivity contribution < 1.29 is 0 Å². The van der Waals surface area contributed by atoms with Gasteiger partial charge in [-0.2, -0.15) is 0 Å². The Morgan fingerprint density at radius 3 is 1.76 bits per heavy atom. The molecule has 0 aliphatic carbocycles. The maximum atomic E-state index is 5.06. The first-order chi connectivity index (χ1) is 18.7. The summed E-state index contributed by atoms with van der Waals surface area (Å²) < 4.78 is 3.17. The smallest absolute Gasteiger partial charge is 0.194 e. The molecule has 5 aromatic carbocycles. The zero-order valence-corrected chi connectivity index (χ0v) is 23.1. The molecule has 2 aromatic heterocycles. The van der Waals surface area contributed by atoms with Gasteiger partial charge >= 0.3 is 0 Å². The van der Waals surface area contributed by atoms with Gasteiger partial charge in [-0.3, -0.25) is 0 Å². The van der Waals surface area contributed by atoms with Crippen LogP contribution in [0.4, 0.5) is 0 Å². The average Bonchev–Trinajstić information content (AvgIpc) is 3.36. The molecule has 0 bridgehead atoms. The Kier molecular flexibility index (Phi) is 5.95. The lowest BCUT2D eigenvalue weighted by Crippen LogP contribution is -2.00. The Hall–Kier alpha value is -3.94. The molecule has 3 nitrogen and oxygen atoms in total. The Balaban J connectivity index is 1.44. The maximum absolute atomic E-state index is 5.06. The second-order valence-electron chi connectivity index (χ2n) is 9.06. The van der Waals surface area contributed by atoms with Crippen molar-refractivity contribution in [2.24, 2.45) is 0 Å². The highest BCUT2D eigenvalue weighted by Gasteiger charge is 2.16. The number of hydrogen-bond acceptors (Lipinski definition) is 4. The standard InChI is InChI=1S/C33H20IN3S/c34-33-36-31(35-32(37-33)27-15-9-17-29-30(27)26-14-7-8-16-28(26)38-29)25-19-23(21-10-3-1-4-11-21)18-24(20-25)22-12-5-2-6-13-22/h1-20H. The summed E-state index contributed by atoms with van der Waals surface area (Å²) in [6.07, 6.45) is 0. The zero-order valence-electron chi connectivity index (χ0n) is 20.2. The van der Waals surface area contributed by atoms with Crippen LogP contribution in [0.1, 0.15) is 0 Å². The molecule has 0 amide bonds. The van der Waals surface area contributed by atoms with E-state index >= 15 is 0 Å². The molecule has 0 fully saturated rings. The molecule has 0 saturated carbocycles. The van der Waals surface area contributed by atoms with E-state index in [1.807, 2.05) is 12.1 Å². The van der Waals surface area contributed by atoms with Gasteiger partial charge in [0, 0.05) is 53.9 Å². The van der Waals surface area contributed by atoms with Gasteiger partial charge in [0.05, 0.1) is 0 Å². The average molecular weight is 618 g/mol. The molecule has 0 saturated heterocycles. The van der Waals surface area contributed by atoms with E-state index in [9.17, 15) is 0 Å². The Bertz CT molecular complexity index is 1870. The van der Waals surface area contributed by atoms with Gasteiger partial charge in [0.1, 0.15) is 0 Å². The summed E-state index contributed by atoms with van der Waals surface area (Å²) in [4.78, 5) is 14.7. The van der Waals surface area contributed by atoms with Crippen LogP contribution in [0.3, 0.4) is 0 Å². The van der Waals surface area contributed by atoms with E-state index in [4.69, 9.17) is 15.0 Å². The van der Waals surface area contributed by atoms with Crippen LogP contribution in [0.5, 0.6) is 0 Å². The number of rotatable bonds is 4. The first-order valence-corrected chi connectivity index (χ1v) is 14.2. The van der Waals surface area contributed by atoms with Gasteiger partial charge in [0.25, 0.3) is 0 Å².